The Kier molecular flexibility index (Phi) is 8.10. The van der Waals surface area contributed by atoms with Gasteiger partial charge in [0.15, 0.2) is 0 Å². The Morgan fingerprint density at radius 3 is 2.74 bits per heavy atom. The molecule has 4 aliphatic rings. The Bertz CT molecular complexity index is 1750. The number of halogens is 1. The third-order valence-corrected chi connectivity index (χ3v) is 11.3. The highest BCUT2D eigenvalue weighted by molar-refractivity contribution is 7.90. The average molecular weight is 674 g/mol. The molecule has 46 heavy (non-hydrogen) atoms. The van der Waals surface area contributed by atoms with E-state index in [1.165, 1.54) is 42.5 Å². The van der Waals surface area contributed by atoms with E-state index in [-0.39, 0.29) is 16.7 Å². The molecule has 12 heteroatoms. The molecule has 0 aromatic heterocycles. The monoisotopic (exact) mass is 673 g/mol. The Labute approximate surface area is 278 Å². The fourth-order valence-corrected chi connectivity index (χ4v) is 8.27. The number of carbonyl (C=O) groups excluding carboxylic acids is 2. The Morgan fingerprint density at radius 2 is 2.00 bits per heavy atom. The average Bonchev–Trinajstić information content (AvgIpc) is 3.13. The quantitative estimate of drug-likeness (QED) is 0.417. The van der Waals surface area contributed by atoms with Crippen molar-refractivity contribution in [1.29, 1.82) is 0 Å². The zero-order chi connectivity index (χ0) is 34.6. The molecule has 10 nitrogen and oxygen atoms in total. The molecule has 2 aromatic rings. The smallest absolute Gasteiger partial charge is 0.409 e. The molecular formula is C34H42ClN3O7S. The number of nitrogens with zero attached hydrogens (tertiary/aromatic N) is 2. The summed E-state index contributed by atoms with van der Waals surface area (Å²) in [7, 11) is -1.22. The van der Waals surface area contributed by atoms with Crippen LogP contribution in [0.4, 0.5) is 10.5 Å². The van der Waals surface area contributed by atoms with Gasteiger partial charge < -0.3 is 24.0 Å². The number of rotatable bonds is 1. The largest absolute Gasteiger partial charge is 0.490 e. The third-order valence-electron chi connectivity index (χ3n) is 9.72. The van der Waals surface area contributed by atoms with Crippen LogP contribution in [-0.4, -0.2) is 77.4 Å². The van der Waals surface area contributed by atoms with Crippen LogP contribution in [0.2, 0.25) is 5.02 Å². The lowest BCUT2D eigenvalue weighted by atomic mass is 9.68. The molecular weight excluding hydrogens is 630 g/mol. The molecule has 1 spiro atoms. The Hall–Kier alpha value is -3.28. The summed E-state index contributed by atoms with van der Waals surface area (Å²) in [5, 5.41) is 0.673. The Balaban J connectivity index is 1.46. The minimum absolute atomic E-state index is 0.0157. The predicted molar refractivity (Wildman–Crippen MR) is 175 cm³/mol. The summed E-state index contributed by atoms with van der Waals surface area (Å²) in [4.78, 5) is 29.4. The van der Waals surface area contributed by atoms with E-state index in [0.29, 0.717) is 36.2 Å². The number of benzene rings is 2. The van der Waals surface area contributed by atoms with Gasteiger partial charge in [-0.1, -0.05) is 23.7 Å². The van der Waals surface area contributed by atoms with Gasteiger partial charge in [-0.15, -0.1) is 0 Å². The van der Waals surface area contributed by atoms with Crippen LogP contribution in [0.25, 0.3) is 0 Å². The van der Waals surface area contributed by atoms with Crippen LogP contribution in [0.5, 0.6) is 5.75 Å². The van der Waals surface area contributed by atoms with Gasteiger partial charge in [0.1, 0.15) is 17.5 Å². The van der Waals surface area contributed by atoms with E-state index in [1.807, 2.05) is 12.1 Å². The normalized spacial score (nSPS) is 30.8. The third kappa shape index (κ3) is 6.33. The number of nitrogens with one attached hydrogen (secondary N) is 1. The van der Waals surface area contributed by atoms with E-state index in [4.69, 9.17) is 28.6 Å². The zero-order valence-electron chi connectivity index (χ0n) is 28.5. The minimum Gasteiger partial charge on any atom is -0.490 e. The fourth-order valence-electron chi connectivity index (χ4n) is 6.95. The molecule has 248 valence electrons. The number of amides is 2. The van der Waals surface area contributed by atoms with Crippen molar-refractivity contribution in [3.05, 3.63) is 64.7 Å². The molecule has 1 saturated carbocycles. The molecule has 0 radical (unpaired) electrons. The number of fused-ring (bicyclic) bond motifs is 4. The lowest BCUT2D eigenvalue weighted by molar-refractivity contribution is -0.139. The summed E-state index contributed by atoms with van der Waals surface area (Å²) in [5.74, 6) is -0.649. The van der Waals surface area contributed by atoms with Crippen molar-refractivity contribution >= 4 is 39.3 Å². The highest BCUT2D eigenvalue weighted by Crippen LogP contribution is 2.47. The SMILES string of the molecule is [2H]C1([2H])/C=C\[C@H](OC(=O)N(C)C)[C@@H]2CC[C@H]2CN2C[C@@]3(CCCc4cc(Cl)ccc43)COc3ccc(cc32)S(=O)(=O)NC(=O)C(C)(C)O1. The van der Waals surface area contributed by atoms with Gasteiger partial charge >= 0.3 is 6.09 Å². The molecule has 1 N–H and O–H groups in total. The zero-order valence-corrected chi connectivity index (χ0v) is 28.1. The molecule has 0 unspecified atom stereocenters. The van der Waals surface area contributed by atoms with E-state index in [9.17, 15) is 18.0 Å². The summed E-state index contributed by atoms with van der Waals surface area (Å²) in [5.41, 5.74) is 0.625. The van der Waals surface area contributed by atoms with E-state index in [2.05, 4.69) is 15.7 Å². The van der Waals surface area contributed by atoms with Crippen molar-refractivity contribution in [2.75, 3.05) is 45.3 Å². The predicted octanol–water partition coefficient (Wildman–Crippen LogP) is 5.08. The van der Waals surface area contributed by atoms with Crippen LogP contribution in [0.1, 0.15) is 53.4 Å². The van der Waals surface area contributed by atoms with Crippen molar-refractivity contribution in [2.45, 2.75) is 68.0 Å². The summed E-state index contributed by atoms with van der Waals surface area (Å²) in [6.07, 6.45) is 5.52. The first kappa shape index (κ1) is 30.1. The van der Waals surface area contributed by atoms with Crippen LogP contribution in [-0.2, 0) is 36.1 Å². The second-order valence-electron chi connectivity index (χ2n) is 13.5. The van der Waals surface area contributed by atoms with E-state index in [0.717, 1.165) is 43.7 Å². The lowest BCUT2D eigenvalue weighted by Gasteiger charge is -2.46. The molecule has 6 rings (SSSR count). The van der Waals surface area contributed by atoms with Crippen LogP contribution in [0, 0.1) is 11.8 Å². The number of hydrogen-bond acceptors (Lipinski definition) is 8. The van der Waals surface area contributed by atoms with Crippen molar-refractivity contribution in [2.24, 2.45) is 11.8 Å². The van der Waals surface area contributed by atoms with Crippen LogP contribution in [0.15, 0.2) is 53.4 Å². The van der Waals surface area contributed by atoms with Crippen LogP contribution < -0.4 is 14.4 Å². The first-order valence-corrected chi connectivity index (χ1v) is 17.5. The van der Waals surface area contributed by atoms with Crippen molar-refractivity contribution in [3.8, 4) is 5.75 Å². The molecule has 0 saturated heterocycles. The fraction of sp³-hybridized carbons (Fsp3) is 0.529. The first-order valence-electron chi connectivity index (χ1n) is 16.6. The summed E-state index contributed by atoms with van der Waals surface area (Å²) in [6, 6.07) is 10.5. The van der Waals surface area contributed by atoms with Gasteiger partial charge in [-0.05, 0) is 99.4 Å². The van der Waals surface area contributed by atoms with E-state index < -0.39 is 45.7 Å². The van der Waals surface area contributed by atoms with E-state index in [1.54, 1.807) is 20.2 Å². The summed E-state index contributed by atoms with van der Waals surface area (Å²) >= 11 is 6.40. The van der Waals surface area contributed by atoms with Crippen LogP contribution in [0.3, 0.4) is 0 Å². The highest BCUT2D eigenvalue weighted by Gasteiger charge is 2.45. The standard InChI is InChI=1S/C34H42ClN3O7S/c1-33(2)31(39)36-46(41,42)25-11-14-30-28(18-25)38(20-34(21-43-30)15-5-7-22-17-24(35)10-13-27(22)34)19-23-9-12-26(23)29(8-6-16-44-33)45-32(40)37(3)4/h6,8,10-11,13-14,17-18,23,26,29H,5,7,9,12,15-16,19-21H2,1-4H3,(H,36,39)/b8-6-/t23-,26+,29-,34-/m0/s1/i16D2. The second-order valence-corrected chi connectivity index (χ2v) is 15.6. The van der Waals surface area contributed by atoms with Gasteiger partial charge in [0, 0.05) is 43.5 Å². The molecule has 2 amide bonds. The molecule has 2 aliphatic heterocycles. The van der Waals surface area contributed by atoms with Gasteiger partial charge in [-0.2, -0.15) is 0 Å². The van der Waals surface area contributed by atoms with Crippen molar-refractivity contribution < 1.29 is 35.0 Å². The molecule has 1 fully saturated rings. The molecule has 4 atom stereocenters. The Morgan fingerprint density at radius 1 is 1.20 bits per heavy atom. The first-order chi connectivity index (χ1) is 22.5. The van der Waals surface area contributed by atoms with Crippen molar-refractivity contribution in [1.82, 2.24) is 9.62 Å². The number of anilines is 1. The molecule has 2 bridgehead atoms. The number of carbonyl (C=O) groups is 2. The molecule has 2 aromatic carbocycles. The number of aryl methyl sites for hydroxylation is 1. The highest BCUT2D eigenvalue weighted by atomic mass is 35.5. The van der Waals surface area contributed by atoms with Gasteiger partial charge in [0.2, 0.25) is 0 Å². The lowest BCUT2D eigenvalue weighted by Crippen LogP contribution is -2.50. The molecule has 2 aliphatic carbocycles. The maximum absolute atomic E-state index is 13.6. The number of sulfonamides is 1. The topological polar surface area (TPSA) is 114 Å². The van der Waals surface area contributed by atoms with Crippen LogP contribution >= 0.6 is 11.6 Å². The maximum atomic E-state index is 13.6. The summed E-state index contributed by atoms with van der Waals surface area (Å²) < 4.78 is 64.3. The van der Waals surface area contributed by atoms with Gasteiger partial charge in [0.25, 0.3) is 15.9 Å². The van der Waals surface area contributed by atoms with Gasteiger partial charge in [0.05, 0.1) is 26.5 Å². The number of ether oxygens (including phenoxy) is 3. The second kappa shape index (κ2) is 12.4. The summed E-state index contributed by atoms with van der Waals surface area (Å²) in [6.45, 7) is 1.51. The van der Waals surface area contributed by atoms with Gasteiger partial charge in [-0.3, -0.25) is 4.79 Å². The maximum Gasteiger partial charge on any atom is 0.409 e. The van der Waals surface area contributed by atoms with Crippen molar-refractivity contribution in [3.63, 3.8) is 0 Å². The van der Waals surface area contributed by atoms with Gasteiger partial charge in [-0.25, -0.2) is 17.9 Å². The number of hydrogen-bond donors (Lipinski definition) is 1. The minimum atomic E-state index is -4.39. The van der Waals surface area contributed by atoms with E-state index >= 15 is 0 Å². The molecule has 2 heterocycles.